The van der Waals surface area contributed by atoms with Crippen molar-refractivity contribution in [1.82, 2.24) is 10.3 Å². The molecule has 5 nitrogen and oxygen atoms in total. The molecule has 0 radical (unpaired) electrons. The molecule has 1 N–H and O–H groups in total. The Hall–Kier alpha value is -1.14. The molecule has 1 aromatic heterocycles. The molecule has 0 amide bonds. The molecular formula is C13H21N3O2S. The molecule has 0 aromatic carbocycles. The molecule has 1 heterocycles. The monoisotopic (exact) mass is 283 g/mol. The highest BCUT2D eigenvalue weighted by Gasteiger charge is 2.19. The fourth-order valence-corrected chi connectivity index (χ4v) is 2.02. The van der Waals surface area contributed by atoms with Gasteiger partial charge in [0.1, 0.15) is 0 Å². The topological polar surface area (TPSA) is 68.1 Å². The van der Waals surface area contributed by atoms with Crippen LogP contribution in [-0.4, -0.2) is 27.5 Å². The highest BCUT2D eigenvalue weighted by Crippen LogP contribution is 2.24. The van der Waals surface area contributed by atoms with E-state index in [9.17, 15) is 10.1 Å². The van der Waals surface area contributed by atoms with Crippen LogP contribution in [0.4, 0.5) is 5.69 Å². The van der Waals surface area contributed by atoms with E-state index in [1.54, 1.807) is 31.8 Å². The SMILES string of the molecule is CSC(C)(C)CNCc1ncc(C)c([N+](=O)[O-])c1C. The van der Waals surface area contributed by atoms with Crippen molar-refractivity contribution in [2.24, 2.45) is 0 Å². The Morgan fingerprint density at radius 3 is 2.63 bits per heavy atom. The van der Waals surface area contributed by atoms with Crippen molar-refractivity contribution in [3.8, 4) is 0 Å². The summed E-state index contributed by atoms with van der Waals surface area (Å²) < 4.78 is 0.143. The second kappa shape index (κ2) is 6.34. The molecule has 0 fully saturated rings. The van der Waals surface area contributed by atoms with Gasteiger partial charge in [-0.2, -0.15) is 11.8 Å². The van der Waals surface area contributed by atoms with Crippen LogP contribution in [0.25, 0.3) is 0 Å². The van der Waals surface area contributed by atoms with Gasteiger partial charge in [-0.15, -0.1) is 0 Å². The average molecular weight is 283 g/mol. The number of aryl methyl sites for hydroxylation is 1. The van der Waals surface area contributed by atoms with Crippen LogP contribution in [0.15, 0.2) is 6.20 Å². The Morgan fingerprint density at radius 2 is 2.11 bits per heavy atom. The molecule has 0 saturated carbocycles. The van der Waals surface area contributed by atoms with E-state index in [1.165, 1.54) is 0 Å². The largest absolute Gasteiger partial charge is 0.310 e. The number of hydrogen-bond acceptors (Lipinski definition) is 5. The summed E-state index contributed by atoms with van der Waals surface area (Å²) in [6.07, 6.45) is 3.64. The Balaban J connectivity index is 2.81. The zero-order valence-corrected chi connectivity index (χ0v) is 12.9. The Bertz CT molecular complexity index is 475. The van der Waals surface area contributed by atoms with Gasteiger partial charge in [-0.3, -0.25) is 15.1 Å². The van der Waals surface area contributed by atoms with E-state index < -0.39 is 0 Å². The number of hydrogen-bond donors (Lipinski definition) is 1. The maximum atomic E-state index is 11.0. The minimum absolute atomic E-state index is 0.143. The number of nitrogens with one attached hydrogen (secondary N) is 1. The minimum Gasteiger partial charge on any atom is -0.310 e. The third-order valence-electron chi connectivity index (χ3n) is 3.15. The van der Waals surface area contributed by atoms with Crippen LogP contribution >= 0.6 is 11.8 Å². The minimum atomic E-state index is -0.332. The number of aromatic nitrogens is 1. The van der Waals surface area contributed by atoms with Gasteiger partial charge in [0.05, 0.1) is 10.6 Å². The van der Waals surface area contributed by atoms with Gasteiger partial charge in [-0.25, -0.2) is 0 Å². The van der Waals surface area contributed by atoms with Crippen molar-refractivity contribution < 1.29 is 4.92 Å². The molecule has 0 atom stereocenters. The highest BCUT2D eigenvalue weighted by molar-refractivity contribution is 7.99. The molecule has 0 aliphatic heterocycles. The Labute approximate surface area is 118 Å². The van der Waals surface area contributed by atoms with Crippen molar-refractivity contribution in [2.75, 3.05) is 12.8 Å². The van der Waals surface area contributed by atoms with E-state index in [1.807, 2.05) is 0 Å². The second-order valence-corrected chi connectivity index (χ2v) is 6.70. The molecule has 0 aliphatic carbocycles. The summed E-state index contributed by atoms with van der Waals surface area (Å²) in [5.41, 5.74) is 2.18. The highest BCUT2D eigenvalue weighted by atomic mass is 32.2. The first-order chi connectivity index (χ1) is 8.78. The summed E-state index contributed by atoms with van der Waals surface area (Å²) in [6, 6.07) is 0. The van der Waals surface area contributed by atoms with E-state index in [-0.39, 0.29) is 15.4 Å². The van der Waals surface area contributed by atoms with Gasteiger partial charge in [-0.05, 0) is 34.0 Å². The lowest BCUT2D eigenvalue weighted by molar-refractivity contribution is -0.386. The van der Waals surface area contributed by atoms with Gasteiger partial charge >= 0.3 is 0 Å². The molecule has 0 aliphatic rings. The molecule has 0 bridgehead atoms. The first kappa shape index (κ1) is 15.9. The van der Waals surface area contributed by atoms with Crippen LogP contribution < -0.4 is 5.32 Å². The maximum absolute atomic E-state index is 11.0. The van der Waals surface area contributed by atoms with Crippen molar-refractivity contribution in [3.63, 3.8) is 0 Å². The van der Waals surface area contributed by atoms with E-state index >= 15 is 0 Å². The zero-order valence-electron chi connectivity index (χ0n) is 12.1. The summed E-state index contributed by atoms with van der Waals surface area (Å²) in [4.78, 5) is 15.0. The van der Waals surface area contributed by atoms with Gasteiger partial charge < -0.3 is 5.32 Å². The van der Waals surface area contributed by atoms with Gasteiger partial charge in [0.2, 0.25) is 0 Å². The predicted molar refractivity (Wildman–Crippen MR) is 79.7 cm³/mol. The lowest BCUT2D eigenvalue weighted by atomic mass is 10.1. The predicted octanol–water partition coefficient (Wildman–Crippen LogP) is 2.84. The molecule has 1 aromatic rings. The first-order valence-corrected chi connectivity index (χ1v) is 7.36. The normalized spacial score (nSPS) is 11.6. The fraction of sp³-hybridized carbons (Fsp3) is 0.615. The molecule has 6 heteroatoms. The van der Waals surface area contributed by atoms with E-state index in [4.69, 9.17) is 0 Å². The summed E-state index contributed by atoms with van der Waals surface area (Å²) in [7, 11) is 0. The third-order valence-corrected chi connectivity index (χ3v) is 4.40. The third kappa shape index (κ3) is 4.18. The molecule has 19 heavy (non-hydrogen) atoms. The van der Waals surface area contributed by atoms with Crippen molar-refractivity contribution in [3.05, 3.63) is 33.1 Å². The van der Waals surface area contributed by atoms with Gasteiger partial charge in [0.15, 0.2) is 0 Å². The fourth-order valence-electron chi connectivity index (χ4n) is 1.78. The standard InChI is InChI=1S/C13H21N3O2S/c1-9-6-15-11(10(2)12(9)16(17)18)7-14-8-13(3,4)19-5/h6,14H,7-8H2,1-5H3. The maximum Gasteiger partial charge on any atom is 0.278 e. The Kier molecular flexibility index (Phi) is 5.31. The lowest BCUT2D eigenvalue weighted by Gasteiger charge is -2.22. The van der Waals surface area contributed by atoms with E-state index in [0.717, 1.165) is 12.2 Å². The van der Waals surface area contributed by atoms with Crippen LogP contribution in [0.2, 0.25) is 0 Å². The summed E-state index contributed by atoms with van der Waals surface area (Å²) in [6.45, 7) is 9.17. The van der Waals surface area contributed by atoms with E-state index in [2.05, 4.69) is 30.4 Å². The number of nitro groups is 1. The molecule has 106 valence electrons. The van der Waals surface area contributed by atoms with Crippen molar-refractivity contribution in [2.45, 2.75) is 39.0 Å². The smallest absolute Gasteiger partial charge is 0.278 e. The van der Waals surface area contributed by atoms with Crippen molar-refractivity contribution in [1.29, 1.82) is 0 Å². The molecule has 0 spiro atoms. The number of rotatable bonds is 6. The van der Waals surface area contributed by atoms with Gasteiger partial charge in [0.25, 0.3) is 5.69 Å². The Morgan fingerprint density at radius 1 is 1.47 bits per heavy atom. The number of nitrogens with zero attached hydrogens (tertiary/aromatic N) is 2. The average Bonchev–Trinajstić information content (AvgIpc) is 2.31. The van der Waals surface area contributed by atoms with E-state index in [0.29, 0.717) is 17.7 Å². The summed E-state index contributed by atoms with van der Waals surface area (Å²) in [5, 5.41) is 14.3. The van der Waals surface area contributed by atoms with Crippen LogP contribution in [0.5, 0.6) is 0 Å². The van der Waals surface area contributed by atoms with Crippen molar-refractivity contribution >= 4 is 17.4 Å². The quantitative estimate of drug-likeness (QED) is 0.642. The summed E-state index contributed by atoms with van der Waals surface area (Å²) in [5.74, 6) is 0. The summed E-state index contributed by atoms with van der Waals surface area (Å²) >= 11 is 1.79. The first-order valence-electron chi connectivity index (χ1n) is 6.14. The molecule has 0 saturated heterocycles. The van der Waals surface area contributed by atoms with Crippen LogP contribution in [0.3, 0.4) is 0 Å². The van der Waals surface area contributed by atoms with Gasteiger partial charge in [-0.1, -0.05) is 0 Å². The van der Waals surface area contributed by atoms with Crippen LogP contribution in [0, 0.1) is 24.0 Å². The molecular weight excluding hydrogens is 262 g/mol. The second-order valence-electron chi connectivity index (χ2n) is 5.19. The van der Waals surface area contributed by atoms with Gasteiger partial charge in [0, 0.05) is 35.2 Å². The van der Waals surface area contributed by atoms with Crippen LogP contribution in [0.1, 0.15) is 30.7 Å². The number of pyridine rings is 1. The molecule has 0 unspecified atom stereocenters. The van der Waals surface area contributed by atoms with Crippen LogP contribution in [-0.2, 0) is 6.54 Å². The zero-order chi connectivity index (χ0) is 14.6. The molecule has 1 rings (SSSR count). The number of thioether (sulfide) groups is 1. The lowest BCUT2D eigenvalue weighted by Crippen LogP contribution is -2.32.